The number of phenolic OH excluding ortho intramolecular Hbond substituents is 1. The molecule has 3 atom stereocenters. The number of nitrogens with one attached hydrogen (secondary N) is 1. The van der Waals surface area contributed by atoms with Gasteiger partial charge in [-0.05, 0) is 42.9 Å². The summed E-state index contributed by atoms with van der Waals surface area (Å²) in [7, 11) is 0. The van der Waals surface area contributed by atoms with Crippen LogP contribution in [0.25, 0.3) is 0 Å². The van der Waals surface area contributed by atoms with E-state index in [0.717, 1.165) is 12.0 Å². The van der Waals surface area contributed by atoms with Crippen molar-refractivity contribution in [1.29, 1.82) is 0 Å². The van der Waals surface area contributed by atoms with E-state index in [2.05, 4.69) is 5.32 Å². The molecule has 0 saturated heterocycles. The van der Waals surface area contributed by atoms with Crippen molar-refractivity contribution in [3.63, 3.8) is 0 Å². The molecule has 1 rings (SSSR count). The van der Waals surface area contributed by atoms with Gasteiger partial charge in [0.15, 0.2) is 0 Å². The van der Waals surface area contributed by atoms with Gasteiger partial charge >= 0.3 is 0 Å². The zero-order chi connectivity index (χ0) is 19.5. The lowest BCUT2D eigenvalue weighted by Crippen LogP contribution is -2.38. The van der Waals surface area contributed by atoms with Crippen LogP contribution in [-0.2, 0) is 16.0 Å². The number of Topliss-reactive ketones (excluding diaryl/α,β-unsaturated/α-hetero) is 1. The molecule has 6 nitrogen and oxygen atoms in total. The van der Waals surface area contributed by atoms with E-state index in [-0.39, 0.29) is 55.0 Å². The second-order valence-electron chi connectivity index (χ2n) is 6.84. The molecule has 0 fully saturated rings. The number of benzene rings is 1. The summed E-state index contributed by atoms with van der Waals surface area (Å²) in [6.07, 6.45) is 2.33. The molecule has 0 aromatic heterocycles. The van der Waals surface area contributed by atoms with Crippen molar-refractivity contribution in [2.75, 3.05) is 13.2 Å². The van der Waals surface area contributed by atoms with E-state index in [0.29, 0.717) is 19.3 Å². The number of amides is 1. The maximum atomic E-state index is 12.8. The fourth-order valence-corrected chi connectivity index (χ4v) is 3.13. The van der Waals surface area contributed by atoms with Crippen LogP contribution in [0.5, 0.6) is 5.75 Å². The van der Waals surface area contributed by atoms with Gasteiger partial charge < -0.3 is 20.6 Å². The number of rotatable bonds is 12. The van der Waals surface area contributed by atoms with E-state index in [1.54, 1.807) is 24.3 Å². The van der Waals surface area contributed by atoms with Crippen LogP contribution in [-0.4, -0.2) is 46.3 Å². The van der Waals surface area contributed by atoms with Crippen LogP contribution in [0, 0.1) is 11.8 Å². The molecule has 1 aromatic rings. The highest BCUT2D eigenvalue weighted by molar-refractivity contribution is 5.82. The van der Waals surface area contributed by atoms with Crippen molar-refractivity contribution >= 4 is 11.7 Å². The van der Waals surface area contributed by atoms with Crippen molar-refractivity contribution in [2.24, 2.45) is 11.8 Å². The average molecular weight is 365 g/mol. The van der Waals surface area contributed by atoms with Crippen LogP contribution in [0.15, 0.2) is 24.3 Å². The maximum Gasteiger partial charge on any atom is 0.217 e. The minimum atomic E-state index is -0.347. The van der Waals surface area contributed by atoms with Crippen molar-refractivity contribution < 1.29 is 24.9 Å². The van der Waals surface area contributed by atoms with Gasteiger partial charge in [-0.2, -0.15) is 0 Å². The van der Waals surface area contributed by atoms with Gasteiger partial charge in [0.25, 0.3) is 0 Å². The van der Waals surface area contributed by atoms with E-state index < -0.39 is 0 Å². The zero-order valence-electron chi connectivity index (χ0n) is 15.6. The molecule has 0 aliphatic carbocycles. The van der Waals surface area contributed by atoms with Crippen LogP contribution in [0.3, 0.4) is 0 Å². The molecule has 0 spiro atoms. The standard InChI is InChI=1S/C20H31NO5/c1-3-15(13-23)10-17(8-9-22)20(26)12-18(21-14(2)24)11-16-4-6-19(25)7-5-16/h4-7,15,17-18,22-23,25H,3,8-13H2,1-2H3,(H,21,24). The van der Waals surface area contributed by atoms with Gasteiger partial charge in [0, 0.05) is 38.5 Å². The minimum Gasteiger partial charge on any atom is -0.508 e. The minimum absolute atomic E-state index is 0.0107. The third kappa shape index (κ3) is 7.97. The molecule has 0 heterocycles. The topological polar surface area (TPSA) is 107 Å². The molecule has 0 aliphatic rings. The monoisotopic (exact) mass is 365 g/mol. The number of ketones is 1. The Kier molecular flexibility index (Phi) is 9.91. The van der Waals surface area contributed by atoms with Crippen molar-refractivity contribution in [3.8, 4) is 5.75 Å². The van der Waals surface area contributed by atoms with Gasteiger partial charge in [0.2, 0.25) is 5.91 Å². The molecule has 26 heavy (non-hydrogen) atoms. The number of aliphatic hydroxyl groups excluding tert-OH is 2. The number of aromatic hydroxyl groups is 1. The predicted octanol–water partition coefficient (Wildman–Crippen LogP) is 1.81. The largest absolute Gasteiger partial charge is 0.508 e. The first-order valence-corrected chi connectivity index (χ1v) is 9.18. The molecule has 0 saturated carbocycles. The Balaban J connectivity index is 2.80. The summed E-state index contributed by atoms with van der Waals surface area (Å²) < 4.78 is 0. The third-order valence-electron chi connectivity index (χ3n) is 4.66. The smallest absolute Gasteiger partial charge is 0.217 e. The van der Waals surface area contributed by atoms with E-state index in [9.17, 15) is 24.9 Å². The Morgan fingerprint density at radius 2 is 1.81 bits per heavy atom. The number of hydrogen-bond donors (Lipinski definition) is 4. The molecule has 4 N–H and O–H groups in total. The summed E-state index contributed by atoms with van der Waals surface area (Å²) in [5, 5.41) is 30.9. The summed E-state index contributed by atoms with van der Waals surface area (Å²) in [6, 6.07) is 6.32. The molecule has 0 radical (unpaired) electrons. The van der Waals surface area contributed by atoms with Crippen molar-refractivity contribution in [1.82, 2.24) is 5.32 Å². The lowest BCUT2D eigenvalue weighted by atomic mass is 9.85. The average Bonchev–Trinajstić information content (AvgIpc) is 2.60. The predicted molar refractivity (Wildman–Crippen MR) is 99.7 cm³/mol. The summed E-state index contributed by atoms with van der Waals surface area (Å²) in [5.41, 5.74) is 0.912. The van der Waals surface area contributed by atoms with Crippen LogP contribution in [0.2, 0.25) is 0 Å². The first-order chi connectivity index (χ1) is 12.4. The number of hydrogen-bond acceptors (Lipinski definition) is 5. The number of aliphatic hydroxyl groups is 2. The molecule has 1 aromatic carbocycles. The van der Waals surface area contributed by atoms with E-state index >= 15 is 0 Å². The van der Waals surface area contributed by atoms with Gasteiger partial charge in [-0.15, -0.1) is 0 Å². The molecular formula is C20H31NO5. The molecule has 1 amide bonds. The first-order valence-electron chi connectivity index (χ1n) is 9.18. The van der Waals surface area contributed by atoms with E-state index in [1.807, 2.05) is 6.92 Å². The summed E-state index contributed by atoms with van der Waals surface area (Å²) in [6.45, 7) is 3.32. The highest BCUT2D eigenvalue weighted by atomic mass is 16.3. The molecule has 6 heteroatoms. The van der Waals surface area contributed by atoms with Gasteiger partial charge in [-0.3, -0.25) is 9.59 Å². The lowest BCUT2D eigenvalue weighted by molar-refractivity contribution is -0.125. The molecular weight excluding hydrogens is 334 g/mol. The first kappa shape index (κ1) is 22.1. The SMILES string of the molecule is CCC(CO)CC(CCO)C(=O)CC(Cc1ccc(O)cc1)NC(C)=O. The number of carbonyl (C=O) groups is 2. The fraction of sp³-hybridized carbons (Fsp3) is 0.600. The van der Waals surface area contributed by atoms with Crippen LogP contribution in [0.1, 0.15) is 45.1 Å². The molecule has 0 bridgehead atoms. The number of carbonyl (C=O) groups excluding carboxylic acids is 2. The summed E-state index contributed by atoms with van der Waals surface area (Å²) in [4.78, 5) is 24.3. The van der Waals surface area contributed by atoms with Gasteiger partial charge in [0.05, 0.1) is 0 Å². The Labute approximate surface area is 155 Å². The highest BCUT2D eigenvalue weighted by Crippen LogP contribution is 2.22. The summed E-state index contributed by atoms with van der Waals surface area (Å²) in [5.74, 6) is -0.343. The maximum absolute atomic E-state index is 12.8. The Hall–Kier alpha value is -1.92. The molecule has 146 valence electrons. The van der Waals surface area contributed by atoms with E-state index in [1.165, 1.54) is 6.92 Å². The van der Waals surface area contributed by atoms with Crippen LogP contribution in [0.4, 0.5) is 0 Å². The van der Waals surface area contributed by atoms with Crippen LogP contribution >= 0.6 is 0 Å². The third-order valence-corrected chi connectivity index (χ3v) is 4.66. The second kappa shape index (κ2) is 11.6. The van der Waals surface area contributed by atoms with Crippen LogP contribution < -0.4 is 5.32 Å². The van der Waals surface area contributed by atoms with Crippen molar-refractivity contribution in [3.05, 3.63) is 29.8 Å². The van der Waals surface area contributed by atoms with Gasteiger partial charge in [-0.1, -0.05) is 25.5 Å². The number of phenols is 1. The molecule has 0 aliphatic heterocycles. The Bertz CT molecular complexity index is 554. The zero-order valence-corrected chi connectivity index (χ0v) is 15.6. The van der Waals surface area contributed by atoms with Gasteiger partial charge in [0.1, 0.15) is 11.5 Å². The Morgan fingerprint density at radius 3 is 2.31 bits per heavy atom. The van der Waals surface area contributed by atoms with E-state index in [4.69, 9.17) is 0 Å². The quantitative estimate of drug-likeness (QED) is 0.452. The lowest BCUT2D eigenvalue weighted by Gasteiger charge is -2.23. The normalized spacial score (nSPS) is 14.5. The Morgan fingerprint density at radius 1 is 1.15 bits per heavy atom. The van der Waals surface area contributed by atoms with Crippen molar-refractivity contribution in [2.45, 2.75) is 52.0 Å². The summed E-state index contributed by atoms with van der Waals surface area (Å²) >= 11 is 0. The highest BCUT2D eigenvalue weighted by Gasteiger charge is 2.25. The fourth-order valence-electron chi connectivity index (χ4n) is 3.13. The van der Waals surface area contributed by atoms with Gasteiger partial charge in [-0.25, -0.2) is 0 Å². The second-order valence-corrected chi connectivity index (χ2v) is 6.84. The molecule has 3 unspecified atom stereocenters.